The van der Waals surface area contributed by atoms with Gasteiger partial charge in [-0.2, -0.15) is 0 Å². The van der Waals surface area contributed by atoms with Crippen LogP contribution >= 0.6 is 11.6 Å². The monoisotopic (exact) mass is 348 g/mol. The van der Waals surface area contributed by atoms with Crippen LogP contribution in [0.2, 0.25) is 5.02 Å². The van der Waals surface area contributed by atoms with Gasteiger partial charge in [-0.15, -0.1) is 0 Å². The summed E-state index contributed by atoms with van der Waals surface area (Å²) in [6.45, 7) is 12.0. The summed E-state index contributed by atoms with van der Waals surface area (Å²) < 4.78 is 0. The summed E-state index contributed by atoms with van der Waals surface area (Å²) in [6.07, 6.45) is 3.60. The fraction of sp³-hybridized carbons (Fsp3) is 0.579. The minimum atomic E-state index is 0.384. The van der Waals surface area contributed by atoms with Crippen molar-refractivity contribution in [2.24, 2.45) is 0 Å². The summed E-state index contributed by atoms with van der Waals surface area (Å²) in [4.78, 5) is 11.5. The first-order chi connectivity index (χ1) is 11.5. The summed E-state index contributed by atoms with van der Waals surface area (Å²) in [5.74, 6) is 1.67. The van der Waals surface area contributed by atoms with Gasteiger partial charge in [0.2, 0.25) is 0 Å². The number of nitrogens with zero attached hydrogens (tertiary/aromatic N) is 3. The Morgan fingerprint density at radius 2 is 1.92 bits per heavy atom. The number of hydrogen-bond acceptors (Lipinski definition) is 4. The minimum Gasteiger partial charge on any atom is -0.367 e. The Bertz CT molecular complexity index is 650. The second-order valence-corrected chi connectivity index (χ2v) is 6.79. The number of nitrogens with one attached hydrogen (secondary N) is 1. The third-order valence-corrected chi connectivity index (χ3v) is 4.64. The van der Waals surface area contributed by atoms with E-state index in [9.17, 15) is 0 Å². The van der Waals surface area contributed by atoms with Gasteiger partial charge in [0.1, 0.15) is 11.6 Å². The summed E-state index contributed by atoms with van der Waals surface area (Å²) >= 11 is 6.08. The fourth-order valence-electron chi connectivity index (χ4n) is 2.96. The first-order valence-electron chi connectivity index (χ1n) is 8.96. The SMILES string of the molecule is CCN(CC)CCCC[C@@H](C)Nc1nc(C)nc2cc(Cl)ccc12. The molecule has 1 aromatic carbocycles. The summed E-state index contributed by atoms with van der Waals surface area (Å²) in [7, 11) is 0. The number of unbranched alkanes of at least 4 members (excludes halogenated alkanes) is 1. The summed E-state index contributed by atoms with van der Waals surface area (Å²) in [6, 6.07) is 6.16. The lowest BCUT2D eigenvalue weighted by Gasteiger charge is -2.19. The molecule has 132 valence electrons. The van der Waals surface area contributed by atoms with Crippen molar-refractivity contribution < 1.29 is 0 Å². The highest BCUT2D eigenvalue weighted by molar-refractivity contribution is 6.31. The predicted molar refractivity (Wildman–Crippen MR) is 104 cm³/mol. The molecular formula is C19H29ClN4. The van der Waals surface area contributed by atoms with Crippen LogP contribution in [0.5, 0.6) is 0 Å². The molecule has 1 aromatic heterocycles. The average molecular weight is 349 g/mol. The maximum absolute atomic E-state index is 6.08. The lowest BCUT2D eigenvalue weighted by Crippen LogP contribution is -2.24. The molecule has 0 spiro atoms. The second kappa shape index (κ2) is 9.19. The van der Waals surface area contributed by atoms with Crippen molar-refractivity contribution in [3.8, 4) is 0 Å². The van der Waals surface area contributed by atoms with Crippen molar-refractivity contribution in [3.63, 3.8) is 0 Å². The van der Waals surface area contributed by atoms with Crippen molar-refractivity contribution in [3.05, 3.63) is 29.0 Å². The van der Waals surface area contributed by atoms with Crippen molar-refractivity contribution >= 4 is 28.3 Å². The van der Waals surface area contributed by atoms with E-state index in [0.29, 0.717) is 11.1 Å². The molecule has 1 atom stereocenters. The van der Waals surface area contributed by atoms with Gasteiger partial charge < -0.3 is 10.2 Å². The van der Waals surface area contributed by atoms with Gasteiger partial charge in [-0.25, -0.2) is 9.97 Å². The Labute approximate surface area is 150 Å². The van der Waals surface area contributed by atoms with E-state index in [1.165, 1.54) is 19.4 Å². The Morgan fingerprint density at radius 3 is 2.62 bits per heavy atom. The van der Waals surface area contributed by atoms with E-state index in [2.05, 4.69) is 41.0 Å². The zero-order chi connectivity index (χ0) is 17.5. The van der Waals surface area contributed by atoms with Gasteiger partial charge in [0.25, 0.3) is 0 Å². The molecule has 2 rings (SSSR count). The highest BCUT2D eigenvalue weighted by atomic mass is 35.5. The maximum atomic E-state index is 6.08. The molecule has 0 aliphatic rings. The molecule has 4 nitrogen and oxygen atoms in total. The van der Waals surface area contributed by atoms with Crippen LogP contribution in [0.3, 0.4) is 0 Å². The van der Waals surface area contributed by atoms with Gasteiger partial charge in [0.05, 0.1) is 5.52 Å². The van der Waals surface area contributed by atoms with Gasteiger partial charge in [-0.3, -0.25) is 0 Å². The zero-order valence-corrected chi connectivity index (χ0v) is 16.0. The highest BCUT2D eigenvalue weighted by Gasteiger charge is 2.10. The van der Waals surface area contributed by atoms with Crippen LogP contribution in [0.1, 0.15) is 45.9 Å². The van der Waals surface area contributed by atoms with Crippen LogP contribution < -0.4 is 5.32 Å². The average Bonchev–Trinajstić information content (AvgIpc) is 2.54. The normalized spacial score (nSPS) is 12.8. The summed E-state index contributed by atoms with van der Waals surface area (Å²) in [5, 5.41) is 5.29. The predicted octanol–water partition coefficient (Wildman–Crippen LogP) is 4.90. The van der Waals surface area contributed by atoms with E-state index in [1.54, 1.807) is 0 Å². The van der Waals surface area contributed by atoms with E-state index in [4.69, 9.17) is 11.6 Å². The Balaban J connectivity index is 1.94. The lowest BCUT2D eigenvalue weighted by atomic mass is 10.1. The molecule has 1 N–H and O–H groups in total. The van der Waals surface area contributed by atoms with E-state index in [1.807, 2.05) is 25.1 Å². The summed E-state index contributed by atoms with van der Waals surface area (Å²) in [5.41, 5.74) is 0.895. The number of fused-ring (bicyclic) bond motifs is 1. The second-order valence-electron chi connectivity index (χ2n) is 6.35. The minimum absolute atomic E-state index is 0.384. The zero-order valence-electron chi connectivity index (χ0n) is 15.3. The van der Waals surface area contributed by atoms with Gasteiger partial charge in [0.15, 0.2) is 0 Å². The van der Waals surface area contributed by atoms with Crippen molar-refractivity contribution in [2.45, 2.75) is 53.0 Å². The van der Waals surface area contributed by atoms with Crippen molar-refractivity contribution in [1.29, 1.82) is 0 Å². The van der Waals surface area contributed by atoms with Crippen molar-refractivity contribution in [2.75, 3.05) is 25.0 Å². The number of benzene rings is 1. The topological polar surface area (TPSA) is 41.0 Å². The highest BCUT2D eigenvalue weighted by Crippen LogP contribution is 2.24. The van der Waals surface area contributed by atoms with Crippen LogP contribution in [0, 0.1) is 6.92 Å². The van der Waals surface area contributed by atoms with Crippen LogP contribution in [0.25, 0.3) is 10.9 Å². The molecule has 0 aliphatic carbocycles. The van der Waals surface area contributed by atoms with Crippen molar-refractivity contribution in [1.82, 2.24) is 14.9 Å². The lowest BCUT2D eigenvalue weighted by molar-refractivity contribution is 0.295. The van der Waals surface area contributed by atoms with Crippen LogP contribution in [-0.4, -0.2) is 40.5 Å². The number of aromatic nitrogens is 2. The third-order valence-electron chi connectivity index (χ3n) is 4.41. The molecule has 1 heterocycles. The van der Waals surface area contributed by atoms with Gasteiger partial charge in [-0.05, 0) is 64.5 Å². The largest absolute Gasteiger partial charge is 0.367 e. The molecule has 5 heteroatoms. The first kappa shape index (κ1) is 18.9. The molecular weight excluding hydrogens is 320 g/mol. The van der Waals surface area contributed by atoms with Gasteiger partial charge in [0, 0.05) is 16.5 Å². The number of rotatable bonds is 9. The molecule has 0 bridgehead atoms. The molecule has 0 aliphatic heterocycles. The smallest absolute Gasteiger partial charge is 0.137 e. The number of hydrogen-bond donors (Lipinski definition) is 1. The molecule has 0 radical (unpaired) electrons. The molecule has 0 unspecified atom stereocenters. The molecule has 0 saturated heterocycles. The third kappa shape index (κ3) is 5.32. The molecule has 0 amide bonds. The fourth-order valence-corrected chi connectivity index (χ4v) is 3.13. The first-order valence-corrected chi connectivity index (χ1v) is 9.34. The van der Waals surface area contributed by atoms with Crippen LogP contribution in [0.4, 0.5) is 5.82 Å². The Morgan fingerprint density at radius 1 is 1.17 bits per heavy atom. The van der Waals surface area contributed by atoms with E-state index in [0.717, 1.165) is 42.1 Å². The van der Waals surface area contributed by atoms with Gasteiger partial charge in [-0.1, -0.05) is 31.9 Å². The van der Waals surface area contributed by atoms with E-state index in [-0.39, 0.29) is 0 Å². The molecule has 0 saturated carbocycles. The van der Waals surface area contributed by atoms with Gasteiger partial charge >= 0.3 is 0 Å². The Kier molecular flexibility index (Phi) is 7.25. The number of halogens is 1. The van der Waals surface area contributed by atoms with Crippen LogP contribution in [0.15, 0.2) is 18.2 Å². The number of anilines is 1. The number of aryl methyl sites for hydroxylation is 1. The molecule has 2 aromatic rings. The molecule has 24 heavy (non-hydrogen) atoms. The maximum Gasteiger partial charge on any atom is 0.137 e. The van der Waals surface area contributed by atoms with Crippen LogP contribution in [-0.2, 0) is 0 Å². The molecule has 0 fully saturated rings. The standard InChI is InChI=1S/C19H29ClN4/c1-5-24(6-2)12-8-7-9-14(3)21-19-17-11-10-16(20)13-18(17)22-15(4)23-19/h10-11,13-14H,5-9,12H2,1-4H3,(H,21,22,23)/t14-/m1/s1. The van der Waals surface area contributed by atoms with E-state index < -0.39 is 0 Å². The van der Waals surface area contributed by atoms with E-state index >= 15 is 0 Å². The Hall–Kier alpha value is -1.39. The quantitative estimate of drug-likeness (QED) is 0.654.